The number of nitrogens with one attached hydrogen (secondary N) is 1. The van der Waals surface area contributed by atoms with Gasteiger partial charge in [0.25, 0.3) is 0 Å². The Bertz CT molecular complexity index is 332. The Hall–Kier alpha value is -1.35. The Morgan fingerprint density at radius 3 is 2.44 bits per heavy atom. The summed E-state index contributed by atoms with van der Waals surface area (Å²) in [5.74, 6) is -0.128. The smallest absolute Gasteiger partial charge is 0.217 e. The first-order valence-electron chi connectivity index (χ1n) is 5.64. The van der Waals surface area contributed by atoms with E-state index in [1.807, 2.05) is 24.3 Å². The zero-order valence-corrected chi connectivity index (χ0v) is 9.86. The predicted molar refractivity (Wildman–Crippen MR) is 64.1 cm³/mol. The lowest BCUT2D eigenvalue weighted by Crippen LogP contribution is -2.28. The number of aliphatic hydroxyl groups is 1. The van der Waals surface area contributed by atoms with Crippen LogP contribution in [-0.2, 0) is 11.2 Å². The third kappa shape index (κ3) is 3.66. The van der Waals surface area contributed by atoms with Crippen LogP contribution in [0.15, 0.2) is 24.3 Å². The van der Waals surface area contributed by atoms with Gasteiger partial charge in [-0.25, -0.2) is 0 Å². The maximum absolute atomic E-state index is 10.9. The molecule has 1 atom stereocenters. The molecule has 0 radical (unpaired) electrons. The summed E-state index contributed by atoms with van der Waals surface area (Å²) in [7, 11) is 0. The summed E-state index contributed by atoms with van der Waals surface area (Å²) < 4.78 is 0. The van der Waals surface area contributed by atoms with E-state index in [-0.39, 0.29) is 18.6 Å². The number of aliphatic hydroxyl groups excluding tert-OH is 1. The number of rotatable bonds is 5. The van der Waals surface area contributed by atoms with Gasteiger partial charge in [0.15, 0.2) is 0 Å². The Balaban J connectivity index is 2.73. The van der Waals surface area contributed by atoms with E-state index in [1.54, 1.807) is 0 Å². The van der Waals surface area contributed by atoms with Gasteiger partial charge in [0.2, 0.25) is 5.91 Å². The largest absolute Gasteiger partial charge is 0.394 e. The summed E-state index contributed by atoms with van der Waals surface area (Å²) in [5, 5.41) is 11.9. The molecule has 1 aromatic carbocycles. The third-order valence-corrected chi connectivity index (χ3v) is 2.48. The van der Waals surface area contributed by atoms with Crippen molar-refractivity contribution in [3.63, 3.8) is 0 Å². The lowest BCUT2D eigenvalue weighted by atomic mass is 10.0. The third-order valence-electron chi connectivity index (χ3n) is 2.48. The summed E-state index contributed by atoms with van der Waals surface area (Å²) in [5.41, 5.74) is 2.23. The molecular weight excluding hydrogens is 202 g/mol. The molecule has 0 saturated carbocycles. The van der Waals surface area contributed by atoms with Crippen molar-refractivity contribution in [3.05, 3.63) is 35.4 Å². The lowest BCUT2D eigenvalue weighted by Gasteiger charge is -2.15. The van der Waals surface area contributed by atoms with Crippen LogP contribution in [0.25, 0.3) is 0 Å². The molecule has 0 bridgehead atoms. The molecular formula is C13H19NO2. The molecule has 0 saturated heterocycles. The second-order valence-electron chi connectivity index (χ2n) is 3.93. The molecule has 1 aromatic rings. The molecule has 3 heteroatoms. The van der Waals surface area contributed by atoms with E-state index >= 15 is 0 Å². The van der Waals surface area contributed by atoms with Gasteiger partial charge in [-0.3, -0.25) is 4.79 Å². The topological polar surface area (TPSA) is 49.3 Å². The van der Waals surface area contributed by atoms with Crippen molar-refractivity contribution < 1.29 is 9.90 Å². The SMILES string of the molecule is CCCc1ccc(C(CO)NC(C)=O)cc1. The van der Waals surface area contributed by atoms with Crippen molar-refractivity contribution in [2.75, 3.05) is 6.61 Å². The fourth-order valence-corrected chi connectivity index (χ4v) is 1.69. The highest BCUT2D eigenvalue weighted by molar-refractivity contribution is 5.73. The van der Waals surface area contributed by atoms with Gasteiger partial charge in [-0.2, -0.15) is 0 Å². The minimum absolute atomic E-state index is 0.0767. The summed E-state index contributed by atoms with van der Waals surface area (Å²) >= 11 is 0. The molecule has 88 valence electrons. The van der Waals surface area contributed by atoms with Crippen LogP contribution in [0, 0.1) is 0 Å². The van der Waals surface area contributed by atoms with Crippen LogP contribution in [0.3, 0.4) is 0 Å². The van der Waals surface area contributed by atoms with Crippen molar-refractivity contribution in [2.24, 2.45) is 0 Å². The molecule has 0 fully saturated rings. The highest BCUT2D eigenvalue weighted by Gasteiger charge is 2.10. The highest BCUT2D eigenvalue weighted by Crippen LogP contribution is 2.14. The number of amides is 1. The Kier molecular flexibility index (Phi) is 4.99. The van der Waals surface area contributed by atoms with Crippen molar-refractivity contribution in [1.82, 2.24) is 5.32 Å². The number of aryl methyl sites for hydroxylation is 1. The molecule has 0 aliphatic heterocycles. The first-order chi connectivity index (χ1) is 7.67. The average Bonchev–Trinajstić information content (AvgIpc) is 2.27. The maximum Gasteiger partial charge on any atom is 0.217 e. The van der Waals surface area contributed by atoms with E-state index in [1.165, 1.54) is 12.5 Å². The number of hydrogen-bond acceptors (Lipinski definition) is 2. The lowest BCUT2D eigenvalue weighted by molar-refractivity contribution is -0.120. The van der Waals surface area contributed by atoms with Gasteiger partial charge < -0.3 is 10.4 Å². The second-order valence-corrected chi connectivity index (χ2v) is 3.93. The summed E-state index contributed by atoms with van der Waals surface area (Å²) in [4.78, 5) is 10.9. The zero-order valence-electron chi connectivity index (χ0n) is 9.86. The number of carbonyl (C=O) groups is 1. The van der Waals surface area contributed by atoms with Crippen LogP contribution >= 0.6 is 0 Å². The Morgan fingerprint density at radius 1 is 1.38 bits per heavy atom. The van der Waals surface area contributed by atoms with E-state index in [2.05, 4.69) is 12.2 Å². The fourth-order valence-electron chi connectivity index (χ4n) is 1.69. The second kappa shape index (κ2) is 6.28. The molecule has 0 aromatic heterocycles. The number of benzene rings is 1. The minimum atomic E-state index is -0.298. The predicted octanol–water partition coefficient (Wildman–Crippen LogP) is 1.81. The van der Waals surface area contributed by atoms with Crippen molar-refractivity contribution in [3.8, 4) is 0 Å². The van der Waals surface area contributed by atoms with Crippen LogP contribution in [-0.4, -0.2) is 17.6 Å². The molecule has 0 heterocycles. The summed E-state index contributed by atoms with van der Waals surface area (Å²) in [6.07, 6.45) is 2.18. The standard InChI is InChI=1S/C13H19NO2/c1-3-4-11-5-7-12(8-6-11)13(9-15)14-10(2)16/h5-8,13,15H,3-4,9H2,1-2H3,(H,14,16). The number of hydrogen-bond donors (Lipinski definition) is 2. The summed E-state index contributed by atoms with van der Waals surface area (Å²) in [6.45, 7) is 3.52. The molecule has 1 unspecified atom stereocenters. The van der Waals surface area contributed by atoms with E-state index in [4.69, 9.17) is 0 Å². The van der Waals surface area contributed by atoms with Gasteiger partial charge in [0.1, 0.15) is 0 Å². The van der Waals surface area contributed by atoms with Crippen molar-refractivity contribution in [2.45, 2.75) is 32.7 Å². The minimum Gasteiger partial charge on any atom is -0.394 e. The highest BCUT2D eigenvalue weighted by atomic mass is 16.3. The first kappa shape index (κ1) is 12.7. The van der Waals surface area contributed by atoms with Gasteiger partial charge >= 0.3 is 0 Å². The van der Waals surface area contributed by atoms with E-state index in [0.29, 0.717) is 0 Å². The van der Waals surface area contributed by atoms with Crippen molar-refractivity contribution >= 4 is 5.91 Å². The zero-order chi connectivity index (χ0) is 12.0. The van der Waals surface area contributed by atoms with Gasteiger partial charge in [-0.1, -0.05) is 37.6 Å². The molecule has 0 aliphatic carbocycles. The van der Waals surface area contributed by atoms with E-state index in [0.717, 1.165) is 18.4 Å². The van der Waals surface area contributed by atoms with Crippen LogP contribution in [0.4, 0.5) is 0 Å². The van der Waals surface area contributed by atoms with E-state index in [9.17, 15) is 9.90 Å². The molecule has 1 amide bonds. The molecule has 1 rings (SSSR count). The van der Waals surface area contributed by atoms with Gasteiger partial charge in [-0.05, 0) is 17.5 Å². The number of carbonyl (C=O) groups excluding carboxylic acids is 1. The molecule has 2 N–H and O–H groups in total. The van der Waals surface area contributed by atoms with Crippen LogP contribution in [0.2, 0.25) is 0 Å². The van der Waals surface area contributed by atoms with Crippen LogP contribution in [0.5, 0.6) is 0 Å². The van der Waals surface area contributed by atoms with Gasteiger partial charge in [0.05, 0.1) is 12.6 Å². The first-order valence-corrected chi connectivity index (χ1v) is 5.64. The molecule has 3 nitrogen and oxygen atoms in total. The average molecular weight is 221 g/mol. The normalized spacial score (nSPS) is 12.2. The molecule has 0 aliphatic rings. The van der Waals surface area contributed by atoms with Crippen LogP contribution in [0.1, 0.15) is 37.4 Å². The Morgan fingerprint density at radius 2 is 2.00 bits per heavy atom. The van der Waals surface area contributed by atoms with E-state index < -0.39 is 0 Å². The quantitative estimate of drug-likeness (QED) is 0.796. The van der Waals surface area contributed by atoms with Gasteiger partial charge in [-0.15, -0.1) is 0 Å². The molecule has 0 spiro atoms. The van der Waals surface area contributed by atoms with Gasteiger partial charge in [0, 0.05) is 6.92 Å². The van der Waals surface area contributed by atoms with Crippen LogP contribution < -0.4 is 5.32 Å². The van der Waals surface area contributed by atoms with Crippen molar-refractivity contribution in [1.29, 1.82) is 0 Å². The summed E-state index contributed by atoms with van der Waals surface area (Å²) in [6, 6.07) is 7.71. The molecule has 16 heavy (non-hydrogen) atoms. The maximum atomic E-state index is 10.9. The Labute approximate surface area is 96.5 Å². The monoisotopic (exact) mass is 221 g/mol. The fraction of sp³-hybridized carbons (Fsp3) is 0.462.